The molecule has 1 saturated heterocycles. The molecule has 0 aliphatic carbocycles. The second-order valence-electron chi connectivity index (χ2n) is 6.86. The molecule has 2 rings (SSSR count). The van der Waals surface area contributed by atoms with Gasteiger partial charge in [-0.25, -0.2) is 4.79 Å². The minimum absolute atomic E-state index is 0.205. The molecule has 0 aromatic heterocycles. The van der Waals surface area contributed by atoms with Crippen molar-refractivity contribution in [2.24, 2.45) is 0 Å². The first-order valence-corrected chi connectivity index (χ1v) is 7.77. The number of anilines is 1. The molecule has 2 N–H and O–H groups in total. The average Bonchev–Trinajstić information content (AvgIpc) is 2.85. The predicted molar refractivity (Wildman–Crippen MR) is 86.9 cm³/mol. The molecule has 0 spiro atoms. The Bertz CT molecular complexity index is 523. The highest BCUT2D eigenvalue weighted by Crippen LogP contribution is 2.21. The molecule has 0 bridgehead atoms. The Kier molecular flexibility index (Phi) is 4.96. The summed E-state index contributed by atoms with van der Waals surface area (Å²) >= 11 is 0. The van der Waals surface area contributed by atoms with Crippen LogP contribution in [0.5, 0.6) is 0 Å². The summed E-state index contributed by atoms with van der Waals surface area (Å²) in [5, 5.41) is 13.1. The third-order valence-electron chi connectivity index (χ3n) is 3.58. The molecule has 0 saturated carbocycles. The maximum atomic E-state index is 12.0. The summed E-state index contributed by atoms with van der Waals surface area (Å²) in [6.45, 7) is 8.70. The molecule has 22 heavy (non-hydrogen) atoms. The van der Waals surface area contributed by atoms with E-state index in [4.69, 9.17) is 4.74 Å². The largest absolute Gasteiger partial charge is 0.444 e. The Balaban J connectivity index is 1.91. The van der Waals surface area contributed by atoms with Crippen molar-refractivity contribution in [3.05, 3.63) is 29.8 Å². The first kappa shape index (κ1) is 16.6. The van der Waals surface area contributed by atoms with E-state index >= 15 is 0 Å². The molecule has 1 aromatic rings. The first-order valence-electron chi connectivity index (χ1n) is 7.77. The lowest BCUT2D eigenvalue weighted by atomic mass is 10.1. The summed E-state index contributed by atoms with van der Waals surface area (Å²) in [4.78, 5) is 13.8. The van der Waals surface area contributed by atoms with Crippen LogP contribution in [0, 0.1) is 0 Å². The zero-order valence-corrected chi connectivity index (χ0v) is 13.8. The average molecular weight is 306 g/mol. The molecular weight excluding hydrogens is 280 g/mol. The molecule has 1 aromatic carbocycles. The first-order chi connectivity index (χ1) is 10.2. The number of aliphatic hydroxyl groups excluding tert-OH is 1. The lowest BCUT2D eigenvalue weighted by molar-refractivity contribution is 0.0293. The molecule has 5 heteroatoms. The number of hydrogen-bond acceptors (Lipinski definition) is 4. The van der Waals surface area contributed by atoms with Gasteiger partial charge in [-0.3, -0.25) is 0 Å². The van der Waals surface area contributed by atoms with Gasteiger partial charge in [0.2, 0.25) is 0 Å². The maximum Gasteiger partial charge on any atom is 0.410 e. The summed E-state index contributed by atoms with van der Waals surface area (Å²) in [5.41, 5.74) is 1.38. The van der Waals surface area contributed by atoms with Crippen LogP contribution in [0.4, 0.5) is 10.5 Å². The van der Waals surface area contributed by atoms with Crippen molar-refractivity contribution >= 4 is 11.8 Å². The van der Waals surface area contributed by atoms with Crippen molar-refractivity contribution < 1.29 is 14.6 Å². The molecule has 2 atom stereocenters. The van der Waals surface area contributed by atoms with Crippen LogP contribution in [-0.2, 0) is 4.74 Å². The highest BCUT2D eigenvalue weighted by atomic mass is 16.6. The number of likely N-dealkylation sites (tertiary alicyclic amines) is 1. The van der Waals surface area contributed by atoms with Crippen LogP contribution in [0.1, 0.15) is 45.8 Å². The molecule has 0 radical (unpaired) electrons. The van der Waals surface area contributed by atoms with Crippen molar-refractivity contribution in [2.75, 3.05) is 18.4 Å². The van der Waals surface area contributed by atoms with Gasteiger partial charge in [0.05, 0.1) is 6.10 Å². The number of carbonyl (C=O) groups is 1. The molecule has 1 heterocycles. The second-order valence-corrected chi connectivity index (χ2v) is 6.86. The van der Waals surface area contributed by atoms with Crippen molar-refractivity contribution in [1.82, 2.24) is 4.90 Å². The van der Waals surface area contributed by atoms with E-state index in [1.165, 1.54) is 0 Å². The zero-order chi connectivity index (χ0) is 16.3. The second kappa shape index (κ2) is 6.57. The minimum atomic E-state index is -0.483. The number of nitrogens with one attached hydrogen (secondary N) is 1. The van der Waals surface area contributed by atoms with Crippen molar-refractivity contribution in [2.45, 2.75) is 51.9 Å². The highest BCUT2D eigenvalue weighted by Gasteiger charge is 2.29. The quantitative estimate of drug-likeness (QED) is 0.900. The van der Waals surface area contributed by atoms with Gasteiger partial charge in [0, 0.05) is 24.8 Å². The Morgan fingerprint density at radius 3 is 2.82 bits per heavy atom. The smallest absolute Gasteiger partial charge is 0.410 e. The topological polar surface area (TPSA) is 61.8 Å². The van der Waals surface area contributed by atoms with E-state index < -0.39 is 11.7 Å². The number of ether oxygens (including phenoxy) is 1. The summed E-state index contributed by atoms with van der Waals surface area (Å²) in [6.07, 6.45) is 0.149. The molecule has 1 aliphatic heterocycles. The van der Waals surface area contributed by atoms with Gasteiger partial charge in [-0.05, 0) is 51.8 Å². The monoisotopic (exact) mass is 306 g/mol. The van der Waals surface area contributed by atoms with E-state index in [2.05, 4.69) is 5.32 Å². The third kappa shape index (κ3) is 4.63. The summed E-state index contributed by atoms with van der Waals surface area (Å²) in [7, 11) is 0. The third-order valence-corrected chi connectivity index (χ3v) is 3.58. The van der Waals surface area contributed by atoms with E-state index in [1.54, 1.807) is 11.8 Å². The lowest BCUT2D eigenvalue weighted by Gasteiger charge is -2.24. The maximum absolute atomic E-state index is 12.0. The number of nitrogens with zero attached hydrogens (tertiary/aromatic N) is 1. The predicted octanol–water partition coefficient (Wildman–Crippen LogP) is 3.16. The standard InChI is InChI=1S/C17H26N2O3/c1-12(20)13-6-5-7-14(10-13)18-15-8-9-19(11-15)16(21)22-17(2,3)4/h5-7,10,12,15,18,20H,8-9,11H2,1-4H3. The van der Waals surface area contributed by atoms with Gasteiger partial charge in [-0.1, -0.05) is 12.1 Å². The van der Waals surface area contributed by atoms with Crippen LogP contribution in [-0.4, -0.2) is 40.8 Å². The molecule has 5 nitrogen and oxygen atoms in total. The minimum Gasteiger partial charge on any atom is -0.444 e. The van der Waals surface area contributed by atoms with E-state index in [9.17, 15) is 9.90 Å². The van der Waals surface area contributed by atoms with Gasteiger partial charge >= 0.3 is 6.09 Å². The van der Waals surface area contributed by atoms with Crippen LogP contribution in [0.25, 0.3) is 0 Å². The normalized spacial score (nSPS) is 19.9. The van der Waals surface area contributed by atoms with Crippen molar-refractivity contribution in [3.8, 4) is 0 Å². The molecule has 1 aliphatic rings. The van der Waals surface area contributed by atoms with E-state index in [-0.39, 0.29) is 12.1 Å². The number of aliphatic hydroxyl groups is 1. The molecule has 1 amide bonds. The SMILES string of the molecule is CC(O)c1cccc(NC2CCN(C(=O)OC(C)(C)C)C2)c1. The molecule has 122 valence electrons. The Labute approximate surface area is 132 Å². The van der Waals surface area contributed by atoms with Crippen molar-refractivity contribution in [3.63, 3.8) is 0 Å². The van der Waals surface area contributed by atoms with Crippen LogP contribution >= 0.6 is 0 Å². The van der Waals surface area contributed by atoms with E-state index in [1.807, 2.05) is 45.0 Å². The summed E-state index contributed by atoms with van der Waals surface area (Å²) in [5.74, 6) is 0. The molecule has 1 fully saturated rings. The van der Waals surface area contributed by atoms with Crippen LogP contribution < -0.4 is 5.32 Å². The number of rotatable bonds is 3. The Hall–Kier alpha value is -1.75. The zero-order valence-electron chi connectivity index (χ0n) is 13.8. The highest BCUT2D eigenvalue weighted by molar-refractivity contribution is 5.68. The fourth-order valence-electron chi connectivity index (χ4n) is 2.49. The molecular formula is C17H26N2O3. The van der Waals surface area contributed by atoms with Gasteiger partial charge in [0.25, 0.3) is 0 Å². The number of carbonyl (C=O) groups excluding carboxylic acids is 1. The summed E-state index contributed by atoms with van der Waals surface area (Å²) in [6, 6.07) is 7.95. The van der Waals surface area contributed by atoms with Gasteiger partial charge in [0.1, 0.15) is 5.60 Å². The fourth-order valence-corrected chi connectivity index (χ4v) is 2.49. The van der Waals surface area contributed by atoms with Gasteiger partial charge in [-0.2, -0.15) is 0 Å². The van der Waals surface area contributed by atoms with Gasteiger partial charge in [0.15, 0.2) is 0 Å². The van der Waals surface area contributed by atoms with Crippen LogP contribution in [0.3, 0.4) is 0 Å². The van der Waals surface area contributed by atoms with Crippen molar-refractivity contribution in [1.29, 1.82) is 0 Å². The van der Waals surface area contributed by atoms with E-state index in [0.717, 1.165) is 17.7 Å². The van der Waals surface area contributed by atoms with Crippen LogP contribution in [0.15, 0.2) is 24.3 Å². The van der Waals surface area contributed by atoms with Gasteiger partial charge < -0.3 is 20.1 Å². The Morgan fingerprint density at radius 2 is 2.18 bits per heavy atom. The molecule has 2 unspecified atom stereocenters. The number of benzene rings is 1. The Morgan fingerprint density at radius 1 is 1.45 bits per heavy atom. The lowest BCUT2D eigenvalue weighted by Crippen LogP contribution is -2.36. The summed E-state index contributed by atoms with van der Waals surface area (Å²) < 4.78 is 5.40. The van der Waals surface area contributed by atoms with E-state index in [0.29, 0.717) is 13.1 Å². The number of hydrogen-bond donors (Lipinski definition) is 2. The van der Waals surface area contributed by atoms with Gasteiger partial charge in [-0.15, -0.1) is 0 Å². The van der Waals surface area contributed by atoms with Crippen LogP contribution in [0.2, 0.25) is 0 Å². The fraction of sp³-hybridized carbons (Fsp3) is 0.588. The number of amides is 1.